The summed E-state index contributed by atoms with van der Waals surface area (Å²) in [5, 5.41) is 22.0. The molecule has 2 aromatic carbocycles. The second-order valence-electron chi connectivity index (χ2n) is 6.05. The molecule has 0 saturated carbocycles. The Morgan fingerprint density at radius 2 is 2.10 bits per heavy atom. The van der Waals surface area contributed by atoms with E-state index in [2.05, 4.69) is 15.5 Å². The van der Waals surface area contributed by atoms with Crippen LogP contribution in [0.3, 0.4) is 0 Å². The molecule has 1 heterocycles. The van der Waals surface area contributed by atoms with E-state index in [1.165, 1.54) is 42.6 Å². The summed E-state index contributed by atoms with van der Waals surface area (Å²) in [6.07, 6.45) is -0.824. The minimum Gasteiger partial charge on any atom is -0.493 e. The van der Waals surface area contributed by atoms with Crippen LogP contribution in [0.25, 0.3) is 5.69 Å². The molecule has 0 spiro atoms. The van der Waals surface area contributed by atoms with Crippen LogP contribution in [-0.2, 0) is 0 Å². The summed E-state index contributed by atoms with van der Waals surface area (Å²) in [7, 11) is 1.48. The zero-order valence-corrected chi connectivity index (χ0v) is 16.6. The lowest BCUT2D eigenvalue weighted by atomic mass is 10.1. The Bertz CT molecular complexity index is 998. The second kappa shape index (κ2) is 9.48. The van der Waals surface area contributed by atoms with E-state index in [0.29, 0.717) is 27.9 Å². The van der Waals surface area contributed by atoms with Crippen molar-refractivity contribution in [1.29, 1.82) is 0 Å². The molecule has 0 fully saturated rings. The van der Waals surface area contributed by atoms with Crippen molar-refractivity contribution in [2.75, 3.05) is 19.5 Å². The predicted octanol–water partition coefficient (Wildman–Crippen LogP) is 2.54. The lowest BCUT2D eigenvalue weighted by molar-refractivity contribution is 0.101. The van der Waals surface area contributed by atoms with Crippen LogP contribution < -0.4 is 9.47 Å². The highest BCUT2D eigenvalue weighted by atomic mass is 32.2. The Morgan fingerprint density at radius 1 is 1.28 bits per heavy atom. The Labute approximate surface area is 170 Å². The molecule has 0 aliphatic rings. The number of benzene rings is 2. The van der Waals surface area contributed by atoms with E-state index in [1.54, 1.807) is 30.3 Å². The summed E-state index contributed by atoms with van der Waals surface area (Å²) >= 11 is 1.21. The number of halogens is 1. The fourth-order valence-electron chi connectivity index (χ4n) is 2.45. The van der Waals surface area contributed by atoms with Gasteiger partial charge in [-0.25, -0.2) is 4.39 Å². The van der Waals surface area contributed by atoms with E-state index in [0.717, 1.165) is 0 Å². The Hall–Kier alpha value is -2.98. The van der Waals surface area contributed by atoms with Crippen LogP contribution in [-0.4, -0.2) is 56.7 Å². The number of ether oxygens (including phenoxy) is 2. The lowest BCUT2D eigenvalue weighted by Gasteiger charge is -2.14. The van der Waals surface area contributed by atoms with E-state index in [4.69, 9.17) is 9.47 Å². The van der Waals surface area contributed by atoms with Gasteiger partial charge in [-0.2, -0.15) is 4.68 Å². The smallest absolute Gasteiger partial charge is 0.214 e. The van der Waals surface area contributed by atoms with Crippen LogP contribution in [0.4, 0.5) is 4.39 Å². The summed E-state index contributed by atoms with van der Waals surface area (Å²) < 4.78 is 25.7. The number of thioether (sulfide) groups is 1. The van der Waals surface area contributed by atoms with E-state index in [-0.39, 0.29) is 18.1 Å². The summed E-state index contributed by atoms with van der Waals surface area (Å²) in [6, 6.07) is 10.7. The van der Waals surface area contributed by atoms with Gasteiger partial charge in [0.15, 0.2) is 17.3 Å². The fourth-order valence-corrected chi connectivity index (χ4v) is 3.25. The first-order valence-corrected chi connectivity index (χ1v) is 9.63. The Balaban J connectivity index is 1.58. The number of hydrogen-bond donors (Lipinski definition) is 1. The number of aliphatic hydroxyl groups is 1. The van der Waals surface area contributed by atoms with Gasteiger partial charge in [-0.1, -0.05) is 17.8 Å². The van der Waals surface area contributed by atoms with Crippen LogP contribution in [0.5, 0.6) is 11.5 Å². The minimum absolute atomic E-state index is 0.00427. The van der Waals surface area contributed by atoms with Crippen molar-refractivity contribution >= 4 is 17.5 Å². The zero-order valence-electron chi connectivity index (χ0n) is 15.8. The van der Waals surface area contributed by atoms with Crippen molar-refractivity contribution < 1.29 is 23.8 Å². The summed E-state index contributed by atoms with van der Waals surface area (Å²) in [5.41, 5.74) is 0.994. The van der Waals surface area contributed by atoms with Crippen molar-refractivity contribution in [3.63, 3.8) is 0 Å². The van der Waals surface area contributed by atoms with E-state index in [1.807, 2.05) is 0 Å². The Morgan fingerprint density at radius 3 is 2.83 bits per heavy atom. The van der Waals surface area contributed by atoms with Gasteiger partial charge in [-0.05, 0) is 53.7 Å². The topological polar surface area (TPSA) is 99.4 Å². The van der Waals surface area contributed by atoms with Gasteiger partial charge < -0.3 is 14.6 Å². The third-order valence-corrected chi connectivity index (χ3v) is 4.96. The summed E-state index contributed by atoms with van der Waals surface area (Å²) in [6.45, 7) is 1.47. The van der Waals surface area contributed by atoms with Crippen molar-refractivity contribution in [3.8, 4) is 17.2 Å². The fraction of sp³-hybridized carbons (Fsp3) is 0.263. The van der Waals surface area contributed by atoms with Gasteiger partial charge >= 0.3 is 0 Å². The monoisotopic (exact) mass is 418 g/mol. The maximum atomic E-state index is 13.4. The molecule has 0 aliphatic carbocycles. The highest BCUT2D eigenvalue weighted by Gasteiger charge is 2.15. The number of aliphatic hydroxyl groups excluding tert-OH is 1. The maximum Gasteiger partial charge on any atom is 0.214 e. The number of aromatic nitrogens is 4. The van der Waals surface area contributed by atoms with Gasteiger partial charge in [0.05, 0.1) is 18.9 Å². The zero-order chi connectivity index (χ0) is 20.8. The predicted molar refractivity (Wildman–Crippen MR) is 104 cm³/mol. The molecule has 1 unspecified atom stereocenters. The quantitative estimate of drug-likeness (QED) is 0.418. The van der Waals surface area contributed by atoms with Gasteiger partial charge in [-0.3, -0.25) is 4.79 Å². The maximum absolute atomic E-state index is 13.4. The van der Waals surface area contributed by atoms with E-state index in [9.17, 15) is 14.3 Å². The van der Waals surface area contributed by atoms with Gasteiger partial charge in [0, 0.05) is 11.3 Å². The highest BCUT2D eigenvalue weighted by molar-refractivity contribution is 7.99. The van der Waals surface area contributed by atoms with Crippen LogP contribution in [0.1, 0.15) is 17.3 Å². The van der Waals surface area contributed by atoms with Crippen LogP contribution >= 0.6 is 11.8 Å². The van der Waals surface area contributed by atoms with Gasteiger partial charge in [-0.15, -0.1) is 5.10 Å². The number of tetrazole rings is 1. The third kappa shape index (κ3) is 5.30. The number of ketones is 1. The van der Waals surface area contributed by atoms with Gasteiger partial charge in [0.2, 0.25) is 5.16 Å². The molecule has 1 atom stereocenters. The molecule has 0 aliphatic heterocycles. The molecule has 10 heteroatoms. The average molecular weight is 418 g/mol. The number of carbonyl (C=O) groups is 1. The molecule has 8 nitrogen and oxygen atoms in total. The minimum atomic E-state index is -0.824. The number of methoxy groups -OCH3 is 1. The molecule has 0 saturated heterocycles. The molecule has 152 valence electrons. The molecule has 1 aromatic heterocycles. The number of hydrogen-bond acceptors (Lipinski definition) is 8. The SMILES string of the molecule is COc1cc(C(C)=O)ccc1OCC(O)CSc1nnnn1-c1cccc(F)c1. The summed E-state index contributed by atoms with van der Waals surface area (Å²) in [4.78, 5) is 11.5. The van der Waals surface area contributed by atoms with Crippen LogP contribution in [0.2, 0.25) is 0 Å². The number of carbonyl (C=O) groups excluding carboxylic acids is 1. The van der Waals surface area contributed by atoms with E-state index >= 15 is 0 Å². The van der Waals surface area contributed by atoms with Crippen LogP contribution in [0.15, 0.2) is 47.6 Å². The molecule has 3 aromatic rings. The Kier molecular flexibility index (Phi) is 6.78. The molecule has 0 amide bonds. The van der Waals surface area contributed by atoms with Gasteiger partial charge in [0.1, 0.15) is 12.4 Å². The van der Waals surface area contributed by atoms with Crippen LogP contribution in [0, 0.1) is 5.82 Å². The average Bonchev–Trinajstić information content (AvgIpc) is 3.19. The molecular formula is C19H19FN4O4S. The lowest BCUT2D eigenvalue weighted by Crippen LogP contribution is -2.20. The molecular weight excluding hydrogens is 399 g/mol. The molecule has 0 bridgehead atoms. The standard InChI is InChI=1S/C19H19FN4O4S/c1-12(25)13-6-7-17(18(8-13)27-2)28-10-16(26)11-29-19-21-22-23-24(19)15-5-3-4-14(20)9-15/h3-9,16,26H,10-11H2,1-2H3. The second-order valence-corrected chi connectivity index (χ2v) is 7.04. The normalized spacial score (nSPS) is 11.9. The molecule has 1 N–H and O–H groups in total. The number of nitrogens with zero attached hydrogens (tertiary/aromatic N) is 4. The molecule has 0 radical (unpaired) electrons. The van der Waals surface area contributed by atoms with Crippen molar-refractivity contribution in [3.05, 3.63) is 53.8 Å². The summed E-state index contributed by atoms with van der Waals surface area (Å²) in [5.74, 6) is 0.608. The third-order valence-electron chi connectivity index (χ3n) is 3.90. The van der Waals surface area contributed by atoms with E-state index < -0.39 is 11.9 Å². The first-order valence-electron chi connectivity index (χ1n) is 8.65. The van der Waals surface area contributed by atoms with Gasteiger partial charge in [0.25, 0.3) is 0 Å². The first-order chi connectivity index (χ1) is 14.0. The molecule has 29 heavy (non-hydrogen) atoms. The number of rotatable bonds is 9. The first kappa shape index (κ1) is 20.7. The number of Topliss-reactive ketones (excluding diaryl/α,β-unsaturated/α-hetero) is 1. The van der Waals surface area contributed by atoms with Crippen molar-refractivity contribution in [1.82, 2.24) is 20.2 Å². The highest BCUT2D eigenvalue weighted by Crippen LogP contribution is 2.28. The molecule has 3 rings (SSSR count). The van der Waals surface area contributed by atoms with Crippen molar-refractivity contribution in [2.45, 2.75) is 18.2 Å². The largest absolute Gasteiger partial charge is 0.493 e. The van der Waals surface area contributed by atoms with Crippen molar-refractivity contribution in [2.24, 2.45) is 0 Å².